The Bertz CT molecular complexity index is 1500. The minimum atomic E-state index is -1.99. The lowest BCUT2D eigenvalue weighted by Crippen LogP contribution is -2.52. The van der Waals surface area contributed by atoms with Crippen LogP contribution in [0.3, 0.4) is 0 Å². The predicted molar refractivity (Wildman–Crippen MR) is 168 cm³/mol. The Kier molecular flexibility index (Phi) is 8.92. The SMILES string of the molecule is CCCCCC1(OC(=O)[C@]23O[C@@]2(C/C=C(\C)C[C@@H](NC(N)=NC)c2ccnc(N)c2)C(=O)c2ccccc2C3=O)CCCC1. The average Bonchev–Trinajstić information content (AvgIpc) is 3.54. The fourth-order valence-electron chi connectivity index (χ4n) is 6.82. The molecule has 1 saturated carbocycles. The van der Waals surface area contributed by atoms with E-state index in [0.29, 0.717) is 12.2 Å². The van der Waals surface area contributed by atoms with E-state index in [1.165, 1.54) is 0 Å². The Morgan fingerprint density at radius 2 is 1.86 bits per heavy atom. The van der Waals surface area contributed by atoms with Crippen molar-refractivity contribution in [3.8, 4) is 0 Å². The van der Waals surface area contributed by atoms with Gasteiger partial charge in [0, 0.05) is 30.8 Å². The van der Waals surface area contributed by atoms with Crippen LogP contribution in [-0.2, 0) is 14.3 Å². The number of carbonyl (C=O) groups is 3. The highest BCUT2D eigenvalue weighted by Gasteiger charge is 2.85. The van der Waals surface area contributed by atoms with Crippen LogP contribution in [0.1, 0.15) is 110 Å². The second-order valence-corrected chi connectivity index (χ2v) is 12.3. The fraction of sp³-hybridized carbons (Fsp3) is 0.500. The van der Waals surface area contributed by atoms with E-state index >= 15 is 0 Å². The molecule has 2 aliphatic carbocycles. The molecular formula is C34H43N5O5. The summed E-state index contributed by atoms with van der Waals surface area (Å²) in [6.45, 7) is 4.05. The number of aromatic nitrogens is 1. The van der Waals surface area contributed by atoms with Gasteiger partial charge in [0.1, 0.15) is 11.4 Å². The second kappa shape index (κ2) is 12.5. The highest BCUT2D eigenvalue weighted by atomic mass is 16.7. The maximum atomic E-state index is 14.1. The predicted octanol–water partition coefficient (Wildman–Crippen LogP) is 4.99. The second-order valence-electron chi connectivity index (χ2n) is 12.3. The molecule has 5 rings (SSSR count). The number of fused-ring (bicyclic) bond motifs is 2. The zero-order valence-electron chi connectivity index (χ0n) is 25.9. The summed E-state index contributed by atoms with van der Waals surface area (Å²) in [4.78, 5) is 50.3. The first-order valence-corrected chi connectivity index (χ1v) is 15.6. The van der Waals surface area contributed by atoms with E-state index in [1.54, 1.807) is 43.6 Å². The zero-order valence-corrected chi connectivity index (χ0v) is 25.9. The number of Topliss-reactive ketones (excluding diaryl/α,β-unsaturated/α-hetero) is 2. The molecule has 1 aromatic heterocycles. The van der Waals surface area contributed by atoms with Crippen LogP contribution >= 0.6 is 0 Å². The summed E-state index contributed by atoms with van der Waals surface area (Å²) < 4.78 is 12.4. The van der Waals surface area contributed by atoms with Crippen molar-refractivity contribution in [2.75, 3.05) is 12.8 Å². The van der Waals surface area contributed by atoms with Crippen LogP contribution in [0.25, 0.3) is 0 Å². The number of nitrogens with zero attached hydrogens (tertiary/aromatic N) is 2. The standard InChI is InChI=1S/C34H43N5O5/c1-4-5-8-15-32(16-9-10-17-32)43-30(42)34-29(41)25-12-7-6-11-24(25)28(40)33(34,44-34)18-13-22(2)20-26(39-31(36)37-3)23-14-19-38-27(35)21-23/h6-7,11-14,19,21,26H,4-5,8-10,15-18,20H2,1-3H3,(H2,35,38)(H3,36,37,39)/b22-13+/t26-,33+,34+/m1/s1. The molecule has 0 radical (unpaired) electrons. The zero-order chi connectivity index (χ0) is 31.5. The molecule has 2 heterocycles. The molecule has 1 aromatic carbocycles. The summed E-state index contributed by atoms with van der Waals surface area (Å²) in [7, 11) is 1.59. The number of anilines is 1. The summed E-state index contributed by atoms with van der Waals surface area (Å²) in [5.41, 5.74) is 9.88. The van der Waals surface area contributed by atoms with Crippen molar-refractivity contribution in [3.63, 3.8) is 0 Å². The van der Waals surface area contributed by atoms with Crippen molar-refractivity contribution in [2.24, 2.45) is 10.7 Å². The number of hydrogen-bond donors (Lipinski definition) is 3. The lowest BCUT2D eigenvalue weighted by molar-refractivity contribution is -0.164. The molecule has 0 bridgehead atoms. The van der Waals surface area contributed by atoms with E-state index in [1.807, 2.05) is 19.1 Å². The Labute approximate surface area is 258 Å². The number of epoxide rings is 1. The van der Waals surface area contributed by atoms with Gasteiger partial charge in [0.05, 0.1) is 6.04 Å². The monoisotopic (exact) mass is 601 g/mol. The van der Waals surface area contributed by atoms with Gasteiger partial charge in [-0.2, -0.15) is 0 Å². The van der Waals surface area contributed by atoms with Gasteiger partial charge < -0.3 is 26.3 Å². The van der Waals surface area contributed by atoms with E-state index < -0.39 is 28.6 Å². The molecule has 3 aliphatic rings. The summed E-state index contributed by atoms with van der Waals surface area (Å²) >= 11 is 0. The Hall–Kier alpha value is -4.05. The number of rotatable bonds is 12. The number of nitrogens with two attached hydrogens (primary N) is 2. The minimum Gasteiger partial charge on any atom is -0.456 e. The van der Waals surface area contributed by atoms with Gasteiger partial charge in [-0.1, -0.05) is 55.7 Å². The molecule has 2 aromatic rings. The lowest BCUT2D eigenvalue weighted by atomic mass is 9.72. The van der Waals surface area contributed by atoms with E-state index in [-0.39, 0.29) is 35.3 Å². The van der Waals surface area contributed by atoms with E-state index in [0.717, 1.165) is 62.5 Å². The number of aliphatic imine (C=N–C) groups is 1. The molecule has 0 spiro atoms. The Morgan fingerprint density at radius 1 is 1.16 bits per heavy atom. The van der Waals surface area contributed by atoms with Crippen LogP contribution < -0.4 is 16.8 Å². The molecule has 234 valence electrons. The van der Waals surface area contributed by atoms with Crippen LogP contribution in [0.5, 0.6) is 0 Å². The van der Waals surface area contributed by atoms with Crippen molar-refractivity contribution in [3.05, 3.63) is 70.9 Å². The van der Waals surface area contributed by atoms with Crippen molar-refractivity contribution in [1.82, 2.24) is 10.3 Å². The fourth-order valence-corrected chi connectivity index (χ4v) is 6.82. The van der Waals surface area contributed by atoms with E-state index in [4.69, 9.17) is 20.9 Å². The summed E-state index contributed by atoms with van der Waals surface area (Å²) in [6, 6.07) is 9.92. The molecule has 1 aliphatic heterocycles. The Morgan fingerprint density at radius 3 is 2.52 bits per heavy atom. The highest BCUT2D eigenvalue weighted by Crippen LogP contribution is 2.59. The van der Waals surface area contributed by atoms with E-state index in [9.17, 15) is 14.4 Å². The van der Waals surface area contributed by atoms with Gasteiger partial charge in [-0.15, -0.1) is 0 Å². The normalized spacial score (nSPS) is 24.8. The third-order valence-electron chi connectivity index (χ3n) is 9.34. The number of nitrogen functional groups attached to an aromatic ring is 1. The largest absolute Gasteiger partial charge is 0.456 e. The van der Waals surface area contributed by atoms with Crippen molar-refractivity contribution in [2.45, 2.75) is 101 Å². The molecular weight excluding hydrogens is 558 g/mol. The summed E-state index contributed by atoms with van der Waals surface area (Å²) in [5, 5.41) is 3.20. The average molecular weight is 602 g/mol. The van der Waals surface area contributed by atoms with Gasteiger partial charge in [0.25, 0.3) is 5.60 Å². The number of benzene rings is 1. The lowest BCUT2D eigenvalue weighted by Gasteiger charge is -2.32. The summed E-state index contributed by atoms with van der Waals surface area (Å²) in [6.07, 6.45) is 11.2. The van der Waals surface area contributed by atoms with Gasteiger partial charge in [-0.05, 0) is 69.6 Å². The van der Waals surface area contributed by atoms with Crippen LogP contribution in [0.4, 0.5) is 5.82 Å². The number of guanidine groups is 1. The van der Waals surface area contributed by atoms with Crippen LogP contribution in [0.15, 0.2) is 59.2 Å². The number of nitrogens with one attached hydrogen (secondary N) is 1. The number of pyridine rings is 1. The van der Waals surface area contributed by atoms with Crippen molar-refractivity contribution >= 4 is 29.3 Å². The molecule has 10 nitrogen and oxygen atoms in total. The van der Waals surface area contributed by atoms with E-state index in [2.05, 4.69) is 22.2 Å². The first kappa shape index (κ1) is 31.4. The number of ketones is 2. The molecule has 3 atom stereocenters. The molecule has 44 heavy (non-hydrogen) atoms. The molecule has 0 amide bonds. The first-order valence-electron chi connectivity index (χ1n) is 15.6. The van der Waals surface area contributed by atoms with Gasteiger partial charge in [-0.3, -0.25) is 14.6 Å². The number of unbranched alkanes of at least 4 members (excludes halogenated alkanes) is 2. The van der Waals surface area contributed by atoms with Crippen LogP contribution in [0.2, 0.25) is 0 Å². The third kappa shape index (κ3) is 5.63. The summed E-state index contributed by atoms with van der Waals surface area (Å²) in [5.74, 6) is -0.999. The molecule has 1 saturated heterocycles. The molecule has 0 unspecified atom stereocenters. The minimum absolute atomic E-state index is 0.0399. The highest BCUT2D eigenvalue weighted by molar-refractivity contribution is 6.32. The van der Waals surface area contributed by atoms with Gasteiger partial charge >= 0.3 is 5.97 Å². The van der Waals surface area contributed by atoms with Crippen molar-refractivity contribution < 1.29 is 23.9 Å². The number of carbonyl (C=O) groups excluding carboxylic acids is 3. The maximum absolute atomic E-state index is 14.1. The Balaban J connectivity index is 1.44. The maximum Gasteiger partial charge on any atom is 0.350 e. The first-order chi connectivity index (χ1) is 21.1. The van der Waals surface area contributed by atoms with Crippen LogP contribution in [-0.4, -0.2) is 52.3 Å². The smallest absolute Gasteiger partial charge is 0.350 e. The van der Waals surface area contributed by atoms with Gasteiger partial charge in [-0.25, -0.2) is 9.78 Å². The van der Waals surface area contributed by atoms with Crippen molar-refractivity contribution in [1.29, 1.82) is 0 Å². The quantitative estimate of drug-likeness (QED) is 0.0579. The molecule has 10 heteroatoms. The number of ether oxygens (including phenoxy) is 2. The topological polar surface area (TPSA) is 162 Å². The third-order valence-corrected chi connectivity index (χ3v) is 9.34. The molecule has 2 fully saturated rings. The van der Waals surface area contributed by atoms with Gasteiger partial charge in [0.15, 0.2) is 17.3 Å². The number of esters is 1. The number of hydrogen-bond acceptors (Lipinski definition) is 8. The molecule has 5 N–H and O–H groups in total. The van der Waals surface area contributed by atoms with Crippen LogP contribution in [0, 0.1) is 0 Å². The van der Waals surface area contributed by atoms with Gasteiger partial charge in [0.2, 0.25) is 5.78 Å².